The third-order valence-corrected chi connectivity index (χ3v) is 10.4. The molecule has 59 heavy (non-hydrogen) atoms. The molecule has 11 rings (SSSR count). The molecule has 0 saturated heterocycles. The Labute approximate surface area is 337 Å². The van der Waals surface area contributed by atoms with Crippen LogP contribution in [0.4, 0.5) is 13.2 Å². The van der Waals surface area contributed by atoms with Gasteiger partial charge in [0.2, 0.25) is 0 Å². The molecular weight excluding hydrogens is 756 g/mol. The van der Waals surface area contributed by atoms with Crippen LogP contribution in [0.2, 0.25) is 0 Å². The molecule has 298 valence electrons. The average Bonchev–Trinajstić information content (AvgIpc) is 4.08. The summed E-state index contributed by atoms with van der Waals surface area (Å²) < 4.78 is 48.8. The molecule has 16 heteroatoms. The zero-order chi connectivity index (χ0) is 40.3. The normalized spacial score (nSPS) is 12.7. The van der Waals surface area contributed by atoms with Crippen molar-refractivity contribution in [2.45, 2.75) is 65.2 Å². The largest absolute Gasteiger partial charge is 0.390 e. The van der Waals surface area contributed by atoms with Gasteiger partial charge < -0.3 is 27.4 Å². The second-order valence-electron chi connectivity index (χ2n) is 14.4. The van der Waals surface area contributed by atoms with Crippen molar-refractivity contribution in [1.29, 1.82) is 0 Å². The van der Waals surface area contributed by atoms with E-state index in [4.69, 9.17) is 0 Å². The Morgan fingerprint density at radius 3 is 1.41 bits per heavy atom. The minimum absolute atomic E-state index is 0.141. The van der Waals surface area contributed by atoms with E-state index in [1.54, 1.807) is 12.4 Å². The molecule has 0 atom stereocenters. The number of benzene rings is 2. The van der Waals surface area contributed by atoms with Crippen LogP contribution in [0.25, 0.3) is 45.8 Å². The summed E-state index contributed by atoms with van der Waals surface area (Å²) in [5.74, 6) is 4.79. The summed E-state index contributed by atoms with van der Waals surface area (Å²) in [6.45, 7) is 5.97. The second kappa shape index (κ2) is 16.0. The Balaban J connectivity index is 0.000000115. The molecule has 0 amide bonds. The van der Waals surface area contributed by atoms with E-state index in [1.165, 1.54) is 38.4 Å². The van der Waals surface area contributed by atoms with Crippen molar-refractivity contribution < 1.29 is 13.2 Å². The lowest BCUT2D eigenvalue weighted by Gasteiger charge is -2.18. The van der Waals surface area contributed by atoms with E-state index >= 15 is 0 Å². The number of pyridine rings is 1. The van der Waals surface area contributed by atoms with Gasteiger partial charge in [-0.2, -0.15) is 13.2 Å². The van der Waals surface area contributed by atoms with E-state index in [1.807, 2.05) is 79.5 Å². The van der Waals surface area contributed by atoms with Gasteiger partial charge in [0.15, 0.2) is 34.9 Å². The molecule has 0 aliphatic carbocycles. The quantitative estimate of drug-likeness (QED) is 0.173. The minimum Gasteiger partial charge on any atom is -0.328 e. The van der Waals surface area contributed by atoms with E-state index in [0.29, 0.717) is 11.6 Å². The molecule has 9 heterocycles. The van der Waals surface area contributed by atoms with E-state index < -0.39 is 12.6 Å². The van der Waals surface area contributed by atoms with Gasteiger partial charge in [0, 0.05) is 125 Å². The molecule has 7 aromatic heterocycles. The molecule has 2 aliphatic rings. The van der Waals surface area contributed by atoms with Crippen LogP contribution in [0, 0.1) is 0 Å². The topological polar surface area (TPSA) is 120 Å². The smallest absolute Gasteiger partial charge is 0.328 e. The third-order valence-electron chi connectivity index (χ3n) is 10.4. The molecule has 9 aromatic rings. The molecule has 0 unspecified atom stereocenters. The lowest BCUT2D eigenvalue weighted by Crippen LogP contribution is -2.13. The summed E-state index contributed by atoms with van der Waals surface area (Å²) in [6.07, 6.45) is 19.6. The zero-order valence-corrected chi connectivity index (χ0v) is 32.2. The molecule has 0 bridgehead atoms. The molecule has 0 fully saturated rings. The molecule has 0 spiro atoms. The number of hydrogen-bond donors (Lipinski definition) is 0. The van der Waals surface area contributed by atoms with Crippen LogP contribution in [-0.2, 0) is 39.3 Å². The van der Waals surface area contributed by atoms with Crippen LogP contribution >= 0.6 is 0 Å². The predicted octanol–water partition coefficient (Wildman–Crippen LogP) is 7.97. The molecule has 0 N–H and O–H groups in total. The van der Waals surface area contributed by atoms with Crippen molar-refractivity contribution in [2.75, 3.05) is 0 Å². The molecular formula is C43H40F3N13. The number of aromatic nitrogens is 13. The van der Waals surface area contributed by atoms with Gasteiger partial charge in [-0.25, -0.2) is 29.9 Å². The number of alkyl halides is 3. The van der Waals surface area contributed by atoms with Crippen molar-refractivity contribution in [1.82, 2.24) is 62.3 Å². The number of nitrogens with zero attached hydrogens (tertiary/aromatic N) is 13. The highest BCUT2D eigenvalue weighted by atomic mass is 19.4. The van der Waals surface area contributed by atoms with E-state index in [0.717, 1.165) is 68.0 Å². The van der Waals surface area contributed by atoms with Crippen LogP contribution in [0.5, 0.6) is 0 Å². The Kier molecular flexibility index (Phi) is 10.2. The highest BCUT2D eigenvalue weighted by molar-refractivity contribution is 5.80. The van der Waals surface area contributed by atoms with Gasteiger partial charge in [-0.15, -0.1) is 0 Å². The maximum absolute atomic E-state index is 12.3. The van der Waals surface area contributed by atoms with Gasteiger partial charge in [0.05, 0.1) is 11.9 Å². The van der Waals surface area contributed by atoms with Gasteiger partial charge in [0.1, 0.15) is 0 Å². The van der Waals surface area contributed by atoms with Crippen molar-refractivity contribution >= 4 is 10.9 Å². The fraction of sp³-hybridized carbons (Fsp3) is 0.233. The van der Waals surface area contributed by atoms with Gasteiger partial charge in [-0.05, 0) is 46.9 Å². The van der Waals surface area contributed by atoms with Crippen LogP contribution in [0.3, 0.4) is 0 Å². The molecule has 2 aromatic carbocycles. The number of imidazole rings is 6. The second-order valence-corrected chi connectivity index (χ2v) is 14.4. The zero-order valence-electron chi connectivity index (χ0n) is 32.2. The van der Waals surface area contributed by atoms with Crippen molar-refractivity contribution in [3.63, 3.8) is 0 Å². The minimum atomic E-state index is -4.17. The van der Waals surface area contributed by atoms with E-state index in [2.05, 4.69) is 95.6 Å². The lowest BCUT2D eigenvalue weighted by atomic mass is 10.0. The maximum atomic E-state index is 12.3. The summed E-state index contributed by atoms with van der Waals surface area (Å²) in [6, 6.07) is 17.1. The summed E-state index contributed by atoms with van der Waals surface area (Å²) >= 11 is 0. The average molecular weight is 796 g/mol. The predicted molar refractivity (Wildman–Crippen MR) is 216 cm³/mol. The maximum Gasteiger partial charge on any atom is 0.390 e. The Hall–Kier alpha value is -7.10. The Morgan fingerprint density at radius 2 is 0.915 bits per heavy atom. The number of rotatable bonds is 5. The SMILES string of the molecule is CCCn1ccnc1-c1nccn1CCC(F)(F)F.c1ccc2c(c1)Cn1ccnc1-c1nccn1C2.c1cnc2cc3c(cc2c1)Cn1ccnc1-c1nccn1C3. The molecule has 0 radical (unpaired) electrons. The summed E-state index contributed by atoms with van der Waals surface area (Å²) in [7, 11) is 0. The van der Waals surface area contributed by atoms with Crippen LogP contribution in [0.1, 0.15) is 42.0 Å². The Morgan fingerprint density at radius 1 is 0.475 bits per heavy atom. The molecule has 13 nitrogen and oxygen atoms in total. The number of aryl methyl sites for hydroxylation is 2. The highest BCUT2D eigenvalue weighted by Crippen LogP contribution is 2.28. The van der Waals surface area contributed by atoms with Crippen LogP contribution in [-0.4, -0.2) is 68.5 Å². The van der Waals surface area contributed by atoms with E-state index in [9.17, 15) is 13.2 Å². The van der Waals surface area contributed by atoms with Crippen LogP contribution in [0.15, 0.2) is 129 Å². The fourth-order valence-electron chi connectivity index (χ4n) is 7.56. The first-order chi connectivity index (χ1) is 28.8. The standard InChI is InChI=1S/C17H13N5.C14H12N4.C12H15F3N4/c1-2-12-8-13-10-21-6-4-19-16(21)17-20-5-7-22(17)11-14(13)9-15(12)18-3-1;1-2-4-12-10-18-8-6-16-14(18)13-15-5-7-17(13)9-11(12)3-1;1-2-6-18-8-4-16-10(18)11-17-5-9-19(11)7-3-12(13,14)15/h1-9H,10-11H2;1-8H,9-10H2;4-5,8-9H,2-3,6-7H2,1H3. The molecule has 2 aliphatic heterocycles. The Bertz CT molecular complexity index is 2690. The van der Waals surface area contributed by atoms with Gasteiger partial charge >= 0.3 is 6.18 Å². The van der Waals surface area contributed by atoms with E-state index in [-0.39, 0.29) is 6.54 Å². The number of halogens is 3. The number of fused-ring (bicyclic) bond motifs is 9. The van der Waals surface area contributed by atoms with Gasteiger partial charge in [-0.1, -0.05) is 37.3 Å². The summed E-state index contributed by atoms with van der Waals surface area (Å²) in [4.78, 5) is 30.6. The van der Waals surface area contributed by atoms with Crippen molar-refractivity contribution in [2.24, 2.45) is 0 Å². The van der Waals surface area contributed by atoms with Gasteiger partial charge in [0.25, 0.3) is 0 Å². The van der Waals surface area contributed by atoms with Crippen molar-refractivity contribution in [3.05, 3.63) is 151 Å². The first-order valence-electron chi connectivity index (χ1n) is 19.4. The lowest BCUT2D eigenvalue weighted by molar-refractivity contribution is -0.136. The summed E-state index contributed by atoms with van der Waals surface area (Å²) in [5.41, 5.74) is 6.31. The van der Waals surface area contributed by atoms with Crippen molar-refractivity contribution in [3.8, 4) is 34.9 Å². The highest BCUT2D eigenvalue weighted by Gasteiger charge is 2.27. The van der Waals surface area contributed by atoms with Crippen LogP contribution < -0.4 is 0 Å². The fourth-order valence-corrected chi connectivity index (χ4v) is 7.56. The first-order valence-corrected chi connectivity index (χ1v) is 19.4. The third kappa shape index (κ3) is 7.93. The monoisotopic (exact) mass is 795 g/mol. The number of hydrogen-bond acceptors (Lipinski definition) is 7. The van der Waals surface area contributed by atoms with Gasteiger partial charge in [-0.3, -0.25) is 4.98 Å². The first kappa shape index (κ1) is 37.5. The molecule has 0 saturated carbocycles. The summed E-state index contributed by atoms with van der Waals surface area (Å²) in [5, 5.41) is 1.18.